The van der Waals surface area contributed by atoms with Gasteiger partial charge in [-0.1, -0.05) is 34.8 Å². The highest BCUT2D eigenvalue weighted by Gasteiger charge is 2.08. The highest BCUT2D eigenvalue weighted by atomic mass is 35.5. The van der Waals surface area contributed by atoms with Gasteiger partial charge in [-0.2, -0.15) is 0 Å². The third-order valence-electron chi connectivity index (χ3n) is 3.41. The van der Waals surface area contributed by atoms with E-state index in [0.717, 1.165) is 27.6 Å². The molecule has 2 aromatic carbocycles. The van der Waals surface area contributed by atoms with Crippen LogP contribution in [0, 0.1) is 0 Å². The molecule has 0 aliphatic carbocycles. The summed E-state index contributed by atoms with van der Waals surface area (Å²) in [4.78, 5) is 10.7. The zero-order valence-corrected chi connectivity index (χ0v) is 13.3. The first kappa shape index (κ1) is 13.8. The standard InChI is InChI=1S/C15H9Cl3N4/c16-9-3-7(4-12-8(9)1-2-19-12)20-15-21-13-5-10(17)11(18)6-14(13)22-15/h1-6,19H,(H2,20,21,22). The van der Waals surface area contributed by atoms with Gasteiger partial charge >= 0.3 is 0 Å². The van der Waals surface area contributed by atoms with Gasteiger partial charge in [-0.15, -0.1) is 0 Å². The van der Waals surface area contributed by atoms with E-state index in [9.17, 15) is 0 Å². The van der Waals surface area contributed by atoms with E-state index < -0.39 is 0 Å². The summed E-state index contributed by atoms with van der Waals surface area (Å²) < 4.78 is 0. The van der Waals surface area contributed by atoms with E-state index in [0.29, 0.717) is 21.0 Å². The minimum absolute atomic E-state index is 0.475. The lowest BCUT2D eigenvalue weighted by Crippen LogP contribution is -1.92. The van der Waals surface area contributed by atoms with Crippen molar-refractivity contribution in [3.8, 4) is 0 Å². The van der Waals surface area contributed by atoms with Crippen molar-refractivity contribution >= 4 is 68.4 Å². The number of benzene rings is 2. The van der Waals surface area contributed by atoms with Crippen molar-refractivity contribution < 1.29 is 0 Å². The molecule has 0 bridgehead atoms. The number of aromatic amines is 2. The lowest BCUT2D eigenvalue weighted by molar-refractivity contribution is 1.31. The van der Waals surface area contributed by atoms with Crippen molar-refractivity contribution in [2.75, 3.05) is 5.32 Å². The Hall–Kier alpha value is -1.88. The number of rotatable bonds is 2. The van der Waals surface area contributed by atoms with Crippen LogP contribution in [0.1, 0.15) is 0 Å². The lowest BCUT2D eigenvalue weighted by atomic mass is 10.2. The predicted molar refractivity (Wildman–Crippen MR) is 92.7 cm³/mol. The van der Waals surface area contributed by atoms with Gasteiger partial charge in [0.15, 0.2) is 0 Å². The zero-order valence-electron chi connectivity index (χ0n) is 11.0. The molecule has 0 radical (unpaired) electrons. The van der Waals surface area contributed by atoms with Gasteiger partial charge < -0.3 is 15.3 Å². The van der Waals surface area contributed by atoms with Crippen LogP contribution in [0.3, 0.4) is 0 Å². The summed E-state index contributed by atoms with van der Waals surface area (Å²) >= 11 is 18.3. The number of nitrogens with zero attached hydrogens (tertiary/aromatic N) is 1. The van der Waals surface area contributed by atoms with E-state index in [1.54, 1.807) is 12.1 Å². The quantitative estimate of drug-likeness (QED) is 0.431. The topological polar surface area (TPSA) is 56.5 Å². The van der Waals surface area contributed by atoms with Gasteiger partial charge in [0.1, 0.15) is 0 Å². The van der Waals surface area contributed by atoms with E-state index >= 15 is 0 Å². The maximum atomic E-state index is 6.26. The molecule has 0 unspecified atom stereocenters. The maximum absolute atomic E-state index is 6.26. The van der Waals surface area contributed by atoms with Crippen LogP contribution in [0.2, 0.25) is 15.1 Å². The summed E-state index contributed by atoms with van der Waals surface area (Å²) in [5, 5.41) is 5.81. The highest BCUT2D eigenvalue weighted by Crippen LogP contribution is 2.30. The van der Waals surface area contributed by atoms with Crippen molar-refractivity contribution in [1.82, 2.24) is 15.0 Å². The molecule has 0 amide bonds. The molecular formula is C15H9Cl3N4. The molecule has 4 rings (SSSR count). The number of fused-ring (bicyclic) bond motifs is 2. The van der Waals surface area contributed by atoms with E-state index in [-0.39, 0.29) is 0 Å². The smallest absolute Gasteiger partial charge is 0.205 e. The number of halogens is 3. The first-order valence-corrected chi connectivity index (χ1v) is 7.62. The van der Waals surface area contributed by atoms with E-state index in [1.165, 1.54) is 0 Å². The van der Waals surface area contributed by atoms with Gasteiger partial charge in [0.2, 0.25) is 5.95 Å². The van der Waals surface area contributed by atoms with Crippen LogP contribution in [0.25, 0.3) is 21.9 Å². The first-order chi connectivity index (χ1) is 10.6. The Bertz CT molecular complexity index is 964. The van der Waals surface area contributed by atoms with Crippen LogP contribution in [0.15, 0.2) is 36.5 Å². The van der Waals surface area contributed by atoms with E-state index in [1.807, 2.05) is 24.4 Å². The Balaban J connectivity index is 1.75. The van der Waals surface area contributed by atoms with Crippen molar-refractivity contribution in [2.24, 2.45) is 0 Å². The second kappa shape index (κ2) is 5.09. The van der Waals surface area contributed by atoms with Gasteiger partial charge in [-0.25, -0.2) is 4.98 Å². The Morgan fingerprint density at radius 3 is 2.59 bits per heavy atom. The molecule has 2 heterocycles. The molecule has 4 nitrogen and oxygen atoms in total. The van der Waals surface area contributed by atoms with Gasteiger partial charge in [-0.3, -0.25) is 0 Å². The van der Waals surface area contributed by atoms with Crippen molar-refractivity contribution in [3.63, 3.8) is 0 Å². The van der Waals surface area contributed by atoms with E-state index in [2.05, 4.69) is 20.3 Å². The molecule has 0 fully saturated rings. The minimum Gasteiger partial charge on any atom is -0.361 e. The van der Waals surface area contributed by atoms with Crippen LogP contribution >= 0.6 is 34.8 Å². The Morgan fingerprint density at radius 1 is 0.909 bits per heavy atom. The normalized spacial score (nSPS) is 11.4. The van der Waals surface area contributed by atoms with Crippen molar-refractivity contribution in [2.45, 2.75) is 0 Å². The molecule has 0 spiro atoms. The van der Waals surface area contributed by atoms with E-state index in [4.69, 9.17) is 34.8 Å². The zero-order chi connectivity index (χ0) is 15.3. The minimum atomic E-state index is 0.475. The molecule has 4 aromatic rings. The molecule has 0 aliphatic rings. The van der Waals surface area contributed by atoms with Gasteiger partial charge in [0.25, 0.3) is 0 Å². The Labute approximate surface area is 140 Å². The molecule has 0 atom stereocenters. The largest absolute Gasteiger partial charge is 0.361 e. The lowest BCUT2D eigenvalue weighted by Gasteiger charge is -2.04. The molecule has 0 saturated heterocycles. The third kappa shape index (κ3) is 2.29. The summed E-state index contributed by atoms with van der Waals surface area (Å²) in [6.45, 7) is 0. The number of anilines is 2. The Kier molecular flexibility index (Phi) is 3.18. The SMILES string of the molecule is Clc1cc2nc(Nc3cc(Cl)c4cc[nH]c4c3)[nH]c2cc1Cl. The molecule has 0 aliphatic heterocycles. The number of nitrogens with one attached hydrogen (secondary N) is 3. The summed E-state index contributed by atoms with van der Waals surface area (Å²) in [7, 11) is 0. The number of imidazole rings is 1. The number of aromatic nitrogens is 3. The van der Waals surface area contributed by atoms with Crippen LogP contribution in [-0.4, -0.2) is 15.0 Å². The third-order valence-corrected chi connectivity index (χ3v) is 4.44. The molecule has 2 aromatic heterocycles. The molecule has 110 valence electrons. The van der Waals surface area contributed by atoms with Gasteiger partial charge in [-0.05, 0) is 30.3 Å². The van der Waals surface area contributed by atoms with Crippen LogP contribution in [-0.2, 0) is 0 Å². The average Bonchev–Trinajstić information content (AvgIpc) is 3.06. The van der Waals surface area contributed by atoms with Crippen LogP contribution in [0.5, 0.6) is 0 Å². The van der Waals surface area contributed by atoms with Crippen molar-refractivity contribution in [1.29, 1.82) is 0 Å². The summed E-state index contributed by atoms with van der Waals surface area (Å²) in [6.07, 6.45) is 1.85. The summed E-state index contributed by atoms with van der Waals surface area (Å²) in [5.41, 5.74) is 3.33. The fourth-order valence-corrected chi connectivity index (χ4v) is 3.00. The molecular weight excluding hydrogens is 343 g/mol. The summed E-state index contributed by atoms with van der Waals surface area (Å²) in [5.74, 6) is 0.593. The van der Waals surface area contributed by atoms with Crippen molar-refractivity contribution in [3.05, 3.63) is 51.6 Å². The fourth-order valence-electron chi connectivity index (χ4n) is 2.39. The Morgan fingerprint density at radius 2 is 1.73 bits per heavy atom. The monoisotopic (exact) mass is 350 g/mol. The molecule has 0 saturated carbocycles. The first-order valence-electron chi connectivity index (χ1n) is 6.48. The van der Waals surface area contributed by atoms with Crippen LogP contribution in [0.4, 0.5) is 11.6 Å². The predicted octanol–water partition coefficient (Wildman–Crippen LogP) is 5.75. The van der Waals surface area contributed by atoms with Gasteiger partial charge in [0, 0.05) is 22.8 Å². The average molecular weight is 352 g/mol. The second-order valence-electron chi connectivity index (χ2n) is 4.89. The second-order valence-corrected chi connectivity index (χ2v) is 6.11. The number of hydrogen-bond acceptors (Lipinski definition) is 2. The van der Waals surface area contributed by atoms with Gasteiger partial charge in [0.05, 0.1) is 26.1 Å². The summed E-state index contributed by atoms with van der Waals surface area (Å²) in [6, 6.07) is 9.23. The fraction of sp³-hybridized carbons (Fsp3) is 0. The maximum Gasteiger partial charge on any atom is 0.205 e. The van der Waals surface area contributed by atoms with Crippen LogP contribution < -0.4 is 5.32 Å². The molecule has 22 heavy (non-hydrogen) atoms. The number of hydrogen-bond donors (Lipinski definition) is 3. The number of H-pyrrole nitrogens is 2. The molecule has 3 N–H and O–H groups in total. The molecule has 7 heteroatoms. The highest BCUT2D eigenvalue weighted by molar-refractivity contribution is 6.42.